The number of fused-ring (bicyclic) bond motifs is 1. The molecular formula is C13H24N4O2. The maximum Gasteiger partial charge on any atom is 0.236 e. The Bertz CT molecular complexity index is 385. The van der Waals surface area contributed by atoms with Crippen molar-refractivity contribution in [1.29, 1.82) is 0 Å². The lowest BCUT2D eigenvalue weighted by atomic mass is 9.84. The number of piperazine rings is 1. The van der Waals surface area contributed by atoms with Crippen molar-refractivity contribution in [2.24, 2.45) is 16.3 Å². The van der Waals surface area contributed by atoms with Crippen LogP contribution in [0.3, 0.4) is 0 Å². The highest BCUT2D eigenvalue weighted by atomic mass is 16.4. The van der Waals surface area contributed by atoms with Crippen LogP contribution in [0.4, 0.5) is 0 Å². The molecule has 2 heterocycles. The van der Waals surface area contributed by atoms with Gasteiger partial charge < -0.3 is 15.8 Å². The molecule has 0 aromatic carbocycles. The number of hydrogen-bond donors (Lipinski definition) is 2. The van der Waals surface area contributed by atoms with Gasteiger partial charge in [-0.2, -0.15) is 0 Å². The van der Waals surface area contributed by atoms with Crippen LogP contribution in [0.25, 0.3) is 0 Å². The van der Waals surface area contributed by atoms with Gasteiger partial charge in [0.1, 0.15) is 5.41 Å². The Balaban J connectivity index is 2.10. The van der Waals surface area contributed by atoms with E-state index in [2.05, 4.69) is 10.1 Å². The molecule has 2 unspecified atom stereocenters. The van der Waals surface area contributed by atoms with Crippen LogP contribution in [0.15, 0.2) is 5.16 Å². The van der Waals surface area contributed by atoms with Gasteiger partial charge in [0.25, 0.3) is 0 Å². The van der Waals surface area contributed by atoms with Crippen LogP contribution in [0.1, 0.15) is 33.1 Å². The first-order valence-corrected chi connectivity index (χ1v) is 7.04. The average Bonchev–Trinajstić information content (AvgIpc) is 2.91. The summed E-state index contributed by atoms with van der Waals surface area (Å²) in [5.41, 5.74) is 4.83. The maximum absolute atomic E-state index is 12.7. The largest absolute Gasteiger partial charge is 0.409 e. The van der Waals surface area contributed by atoms with Crippen LogP contribution >= 0.6 is 0 Å². The minimum atomic E-state index is -0.893. The van der Waals surface area contributed by atoms with E-state index < -0.39 is 5.41 Å². The molecule has 0 bridgehead atoms. The second-order valence-electron chi connectivity index (χ2n) is 5.75. The van der Waals surface area contributed by atoms with Gasteiger partial charge in [-0.3, -0.25) is 9.69 Å². The van der Waals surface area contributed by atoms with E-state index in [1.54, 1.807) is 6.92 Å². The summed E-state index contributed by atoms with van der Waals surface area (Å²) in [5.74, 6) is -0.00861. The number of hydrogen-bond acceptors (Lipinski definition) is 4. The average molecular weight is 268 g/mol. The monoisotopic (exact) mass is 268 g/mol. The Morgan fingerprint density at radius 3 is 2.84 bits per heavy atom. The molecule has 2 rings (SSSR count). The molecule has 2 aliphatic heterocycles. The molecule has 108 valence electrons. The van der Waals surface area contributed by atoms with Crippen LogP contribution in [0, 0.1) is 5.41 Å². The van der Waals surface area contributed by atoms with Gasteiger partial charge >= 0.3 is 0 Å². The molecule has 0 aliphatic carbocycles. The zero-order valence-corrected chi connectivity index (χ0v) is 11.8. The van der Waals surface area contributed by atoms with Crippen molar-refractivity contribution < 1.29 is 10.0 Å². The molecule has 0 radical (unpaired) electrons. The lowest BCUT2D eigenvalue weighted by Gasteiger charge is -2.41. The second kappa shape index (κ2) is 5.36. The third-order valence-electron chi connectivity index (χ3n) is 4.73. The Morgan fingerprint density at radius 2 is 2.21 bits per heavy atom. The van der Waals surface area contributed by atoms with Crippen molar-refractivity contribution in [1.82, 2.24) is 9.80 Å². The SMILES string of the molecule is CCC(C)(C(=O)N1CCN2CCCC2C1)C(N)=NO. The Kier molecular flexibility index (Phi) is 3.99. The quantitative estimate of drug-likeness (QED) is 0.337. The molecule has 19 heavy (non-hydrogen) atoms. The minimum absolute atomic E-state index is 0.00820. The highest BCUT2D eigenvalue weighted by molar-refractivity contribution is 6.06. The summed E-state index contributed by atoms with van der Waals surface area (Å²) >= 11 is 0. The number of amidine groups is 1. The highest BCUT2D eigenvalue weighted by Gasteiger charge is 2.42. The summed E-state index contributed by atoms with van der Waals surface area (Å²) in [6.45, 7) is 7.24. The summed E-state index contributed by atoms with van der Waals surface area (Å²) in [6.07, 6.45) is 2.92. The van der Waals surface area contributed by atoms with Crippen LogP contribution in [-0.2, 0) is 4.79 Å². The fourth-order valence-electron chi connectivity index (χ4n) is 3.08. The Hall–Kier alpha value is -1.30. The predicted molar refractivity (Wildman–Crippen MR) is 73.0 cm³/mol. The van der Waals surface area contributed by atoms with Crippen molar-refractivity contribution >= 4 is 11.7 Å². The lowest BCUT2D eigenvalue weighted by Crippen LogP contribution is -2.57. The molecule has 0 saturated carbocycles. The predicted octanol–water partition coefficient (Wildman–Crippen LogP) is 0.456. The van der Waals surface area contributed by atoms with E-state index in [1.165, 1.54) is 6.42 Å². The third kappa shape index (κ3) is 2.41. The molecule has 3 N–H and O–H groups in total. The molecule has 2 saturated heterocycles. The number of carbonyl (C=O) groups is 1. The number of nitrogens with two attached hydrogens (primary N) is 1. The van der Waals surface area contributed by atoms with E-state index in [-0.39, 0.29) is 11.7 Å². The van der Waals surface area contributed by atoms with Gasteiger partial charge in [-0.1, -0.05) is 12.1 Å². The van der Waals surface area contributed by atoms with Crippen LogP contribution in [-0.4, -0.2) is 59.0 Å². The van der Waals surface area contributed by atoms with Crippen molar-refractivity contribution in [2.75, 3.05) is 26.2 Å². The molecule has 2 aliphatic rings. The first-order chi connectivity index (χ1) is 9.02. The zero-order valence-electron chi connectivity index (χ0n) is 11.8. The first kappa shape index (κ1) is 14.1. The second-order valence-corrected chi connectivity index (χ2v) is 5.75. The maximum atomic E-state index is 12.7. The summed E-state index contributed by atoms with van der Waals surface area (Å²) < 4.78 is 0. The number of carbonyl (C=O) groups excluding carboxylic acids is 1. The van der Waals surface area contributed by atoms with Crippen LogP contribution in [0.5, 0.6) is 0 Å². The van der Waals surface area contributed by atoms with Gasteiger partial charge in [0.2, 0.25) is 5.91 Å². The van der Waals surface area contributed by atoms with Gasteiger partial charge in [0.05, 0.1) is 0 Å². The number of amides is 1. The van der Waals surface area contributed by atoms with E-state index in [0.717, 1.165) is 32.6 Å². The van der Waals surface area contributed by atoms with Gasteiger partial charge in [0, 0.05) is 25.7 Å². The van der Waals surface area contributed by atoms with E-state index in [4.69, 9.17) is 10.9 Å². The van der Waals surface area contributed by atoms with E-state index in [0.29, 0.717) is 12.5 Å². The number of nitrogens with zero attached hydrogens (tertiary/aromatic N) is 3. The van der Waals surface area contributed by atoms with Crippen molar-refractivity contribution in [3.63, 3.8) is 0 Å². The number of oxime groups is 1. The Labute approximate surface area is 114 Å². The van der Waals surface area contributed by atoms with E-state index in [1.807, 2.05) is 11.8 Å². The van der Waals surface area contributed by atoms with Crippen LogP contribution < -0.4 is 5.73 Å². The summed E-state index contributed by atoms with van der Waals surface area (Å²) in [6, 6.07) is 0.492. The molecular weight excluding hydrogens is 244 g/mol. The van der Waals surface area contributed by atoms with Gasteiger partial charge in [0.15, 0.2) is 5.84 Å². The smallest absolute Gasteiger partial charge is 0.236 e. The molecule has 2 atom stereocenters. The molecule has 0 spiro atoms. The Morgan fingerprint density at radius 1 is 1.47 bits per heavy atom. The highest BCUT2D eigenvalue weighted by Crippen LogP contribution is 2.28. The van der Waals surface area contributed by atoms with Gasteiger partial charge in [-0.25, -0.2) is 0 Å². The minimum Gasteiger partial charge on any atom is -0.409 e. The number of rotatable bonds is 3. The van der Waals surface area contributed by atoms with E-state index in [9.17, 15) is 4.79 Å². The molecule has 1 amide bonds. The first-order valence-electron chi connectivity index (χ1n) is 7.04. The zero-order chi connectivity index (χ0) is 14.0. The van der Waals surface area contributed by atoms with Gasteiger partial charge in [-0.15, -0.1) is 0 Å². The fraction of sp³-hybridized carbons (Fsp3) is 0.846. The molecule has 0 aromatic heterocycles. The summed E-state index contributed by atoms with van der Waals surface area (Å²) in [4.78, 5) is 17.0. The van der Waals surface area contributed by atoms with Crippen molar-refractivity contribution in [3.8, 4) is 0 Å². The van der Waals surface area contributed by atoms with Crippen molar-refractivity contribution in [3.05, 3.63) is 0 Å². The normalized spacial score (nSPS) is 28.0. The van der Waals surface area contributed by atoms with Crippen LogP contribution in [0.2, 0.25) is 0 Å². The molecule has 6 heteroatoms. The van der Waals surface area contributed by atoms with Crippen molar-refractivity contribution in [2.45, 2.75) is 39.2 Å². The molecule has 2 fully saturated rings. The fourth-order valence-corrected chi connectivity index (χ4v) is 3.08. The lowest BCUT2D eigenvalue weighted by molar-refractivity contribution is -0.140. The van der Waals surface area contributed by atoms with E-state index >= 15 is 0 Å². The molecule has 6 nitrogen and oxygen atoms in total. The summed E-state index contributed by atoms with van der Waals surface area (Å²) in [7, 11) is 0. The molecule has 0 aromatic rings. The standard InChI is InChI=1S/C13H24N4O2/c1-3-13(2,11(14)15-19)12(18)17-8-7-16-6-4-5-10(16)9-17/h10,19H,3-9H2,1-2H3,(H2,14,15). The third-order valence-corrected chi connectivity index (χ3v) is 4.73. The summed E-state index contributed by atoms with van der Waals surface area (Å²) in [5, 5.41) is 11.9. The van der Waals surface area contributed by atoms with Gasteiger partial charge in [-0.05, 0) is 32.7 Å². The topological polar surface area (TPSA) is 82.2 Å².